The molecule has 17 heavy (non-hydrogen) atoms. The third kappa shape index (κ3) is 0.899. The molecule has 1 aromatic rings. The molecule has 1 aliphatic carbocycles. The number of benzene rings is 1. The van der Waals surface area contributed by atoms with Crippen molar-refractivity contribution in [3.05, 3.63) is 46.7 Å². The van der Waals surface area contributed by atoms with Crippen molar-refractivity contribution in [1.82, 2.24) is 5.32 Å². The number of rotatable bonds is 0. The van der Waals surface area contributed by atoms with Gasteiger partial charge in [-0.1, -0.05) is 24.3 Å². The maximum atomic E-state index is 12.3. The van der Waals surface area contributed by atoms with Gasteiger partial charge in [-0.2, -0.15) is 0 Å². The van der Waals surface area contributed by atoms with Crippen LogP contribution >= 0.6 is 0 Å². The highest BCUT2D eigenvalue weighted by Crippen LogP contribution is 2.50. The first kappa shape index (κ1) is 10.5. The van der Waals surface area contributed by atoms with Gasteiger partial charge in [0.1, 0.15) is 0 Å². The fraction of sp³-hybridized carbons (Fsp3) is 0.308. The molecule has 0 aromatic heterocycles. The summed E-state index contributed by atoms with van der Waals surface area (Å²) in [5, 5.41) is 24.1. The minimum atomic E-state index is -1.87. The summed E-state index contributed by atoms with van der Waals surface area (Å²) >= 11 is 0. The number of carbonyl (C=O) groups is 1. The minimum absolute atomic E-state index is 0.372. The second kappa shape index (κ2) is 2.78. The molecule has 2 aliphatic rings. The lowest BCUT2D eigenvalue weighted by Crippen LogP contribution is -2.55. The van der Waals surface area contributed by atoms with E-state index in [4.69, 9.17) is 0 Å². The van der Waals surface area contributed by atoms with Gasteiger partial charge >= 0.3 is 0 Å². The summed E-state index contributed by atoms with van der Waals surface area (Å²) < 4.78 is 0. The lowest BCUT2D eigenvalue weighted by molar-refractivity contribution is -0.106. The molecule has 0 saturated heterocycles. The first-order valence-corrected chi connectivity index (χ1v) is 5.48. The van der Waals surface area contributed by atoms with Crippen LogP contribution in [0, 0.1) is 0 Å². The van der Waals surface area contributed by atoms with Crippen LogP contribution in [0.5, 0.6) is 0 Å². The van der Waals surface area contributed by atoms with Gasteiger partial charge < -0.3 is 15.5 Å². The first-order valence-electron chi connectivity index (χ1n) is 5.48. The zero-order chi connectivity index (χ0) is 12.4. The second-order valence-electron chi connectivity index (χ2n) is 4.67. The summed E-state index contributed by atoms with van der Waals surface area (Å²) in [6, 6.07) is 6.73. The summed E-state index contributed by atoms with van der Waals surface area (Å²) in [4.78, 5) is 12.3. The van der Waals surface area contributed by atoms with Crippen molar-refractivity contribution in [1.29, 1.82) is 0 Å². The summed E-state index contributed by atoms with van der Waals surface area (Å²) in [7, 11) is 0. The Hall–Kier alpha value is -1.65. The van der Waals surface area contributed by atoms with Gasteiger partial charge in [0.05, 0.1) is 0 Å². The Morgan fingerprint density at radius 3 is 2.53 bits per heavy atom. The molecule has 0 spiro atoms. The number of nitrogens with one attached hydrogen (secondary N) is 1. The molecular weight excluding hydrogens is 218 g/mol. The van der Waals surface area contributed by atoms with E-state index in [2.05, 4.69) is 5.32 Å². The molecule has 0 amide bonds. The Labute approximate surface area is 98.6 Å². The minimum Gasteiger partial charge on any atom is -0.373 e. The van der Waals surface area contributed by atoms with Crippen molar-refractivity contribution >= 4 is 5.78 Å². The van der Waals surface area contributed by atoms with Crippen LogP contribution in [0.25, 0.3) is 0 Å². The van der Waals surface area contributed by atoms with Crippen LogP contribution in [0.3, 0.4) is 0 Å². The van der Waals surface area contributed by atoms with Gasteiger partial charge in [-0.3, -0.25) is 4.79 Å². The van der Waals surface area contributed by atoms with E-state index in [1.807, 2.05) is 0 Å². The Kier molecular flexibility index (Phi) is 1.71. The van der Waals surface area contributed by atoms with Gasteiger partial charge in [0.25, 0.3) is 0 Å². The smallest absolute Gasteiger partial charge is 0.204 e. The largest absolute Gasteiger partial charge is 0.373 e. The summed E-state index contributed by atoms with van der Waals surface area (Å²) in [6.07, 6.45) is 0. The predicted octanol–water partition coefficient (Wildman–Crippen LogP) is 0.656. The SMILES string of the molecule is CC1=C(C)C2(O)C(=O)c3ccccc3C2(O)N1. The normalized spacial score (nSPS) is 34.7. The van der Waals surface area contributed by atoms with Crippen LogP contribution in [0.4, 0.5) is 0 Å². The molecule has 3 N–H and O–H groups in total. The molecule has 88 valence electrons. The zero-order valence-electron chi connectivity index (χ0n) is 9.61. The Balaban J connectivity index is 2.35. The van der Waals surface area contributed by atoms with Crippen molar-refractivity contribution in [3.63, 3.8) is 0 Å². The van der Waals surface area contributed by atoms with Gasteiger partial charge in [0.2, 0.25) is 17.1 Å². The Bertz CT molecular complexity index is 578. The van der Waals surface area contributed by atoms with E-state index < -0.39 is 17.1 Å². The van der Waals surface area contributed by atoms with Crippen molar-refractivity contribution in [2.24, 2.45) is 0 Å². The highest BCUT2D eigenvalue weighted by molar-refractivity contribution is 6.11. The molecule has 2 unspecified atom stereocenters. The zero-order valence-corrected chi connectivity index (χ0v) is 9.61. The molecule has 3 rings (SSSR count). The standard InChI is InChI=1S/C13H13NO3/c1-7-8(2)14-13(17)10-6-4-3-5-9(10)11(15)12(7,13)16/h3-6,14,16-17H,1-2H3. The van der Waals surface area contributed by atoms with Crippen LogP contribution in [-0.2, 0) is 5.72 Å². The number of aliphatic hydroxyl groups is 2. The van der Waals surface area contributed by atoms with Gasteiger partial charge in [-0.25, -0.2) is 0 Å². The van der Waals surface area contributed by atoms with E-state index in [-0.39, 0.29) is 0 Å². The highest BCUT2D eigenvalue weighted by atomic mass is 16.4. The maximum absolute atomic E-state index is 12.3. The molecule has 0 saturated carbocycles. The molecule has 4 heteroatoms. The first-order chi connectivity index (χ1) is 7.93. The van der Waals surface area contributed by atoms with Gasteiger partial charge in [0.15, 0.2) is 0 Å². The molecule has 2 atom stereocenters. The summed E-state index contributed by atoms with van der Waals surface area (Å²) in [6.45, 7) is 3.39. The Morgan fingerprint density at radius 1 is 1.18 bits per heavy atom. The molecule has 0 radical (unpaired) electrons. The molecular formula is C13H13NO3. The fourth-order valence-corrected chi connectivity index (χ4v) is 2.79. The molecule has 0 fully saturated rings. The van der Waals surface area contributed by atoms with Gasteiger partial charge in [0, 0.05) is 16.8 Å². The van der Waals surface area contributed by atoms with Crippen LogP contribution in [0.15, 0.2) is 35.5 Å². The van der Waals surface area contributed by atoms with Gasteiger partial charge in [-0.05, 0) is 19.4 Å². The monoisotopic (exact) mass is 231 g/mol. The predicted molar refractivity (Wildman–Crippen MR) is 61.1 cm³/mol. The lowest BCUT2D eigenvalue weighted by atomic mass is 9.87. The van der Waals surface area contributed by atoms with Crippen LogP contribution < -0.4 is 5.32 Å². The van der Waals surface area contributed by atoms with Crippen LogP contribution in [0.1, 0.15) is 29.8 Å². The second-order valence-corrected chi connectivity index (χ2v) is 4.67. The van der Waals surface area contributed by atoms with E-state index in [0.717, 1.165) is 0 Å². The van der Waals surface area contributed by atoms with Crippen molar-refractivity contribution in [3.8, 4) is 0 Å². The molecule has 1 aliphatic heterocycles. The molecule has 4 nitrogen and oxygen atoms in total. The van der Waals surface area contributed by atoms with E-state index >= 15 is 0 Å². The quantitative estimate of drug-likeness (QED) is 0.613. The number of carbonyl (C=O) groups excluding carboxylic acids is 1. The highest BCUT2D eigenvalue weighted by Gasteiger charge is 2.67. The number of hydrogen-bond acceptors (Lipinski definition) is 4. The van der Waals surface area contributed by atoms with Crippen LogP contribution in [-0.4, -0.2) is 21.6 Å². The number of Topliss-reactive ketones (excluding diaryl/α,β-unsaturated/α-hetero) is 1. The van der Waals surface area contributed by atoms with E-state index in [0.29, 0.717) is 22.4 Å². The van der Waals surface area contributed by atoms with E-state index in [9.17, 15) is 15.0 Å². The van der Waals surface area contributed by atoms with Crippen LogP contribution in [0.2, 0.25) is 0 Å². The lowest BCUT2D eigenvalue weighted by Gasteiger charge is -2.31. The number of ketones is 1. The third-order valence-corrected chi connectivity index (χ3v) is 3.89. The average molecular weight is 231 g/mol. The number of allylic oxidation sites excluding steroid dienone is 1. The Morgan fingerprint density at radius 2 is 1.82 bits per heavy atom. The summed E-state index contributed by atoms with van der Waals surface area (Å²) in [5.74, 6) is -0.447. The summed E-state index contributed by atoms with van der Waals surface area (Å²) in [5.41, 5.74) is -1.69. The topological polar surface area (TPSA) is 69.6 Å². The third-order valence-electron chi connectivity index (χ3n) is 3.89. The molecule has 0 bridgehead atoms. The number of hydrogen-bond donors (Lipinski definition) is 3. The number of fused-ring (bicyclic) bond motifs is 3. The van der Waals surface area contributed by atoms with Crippen molar-refractivity contribution in [2.45, 2.75) is 25.2 Å². The molecule has 1 aromatic carbocycles. The van der Waals surface area contributed by atoms with Crippen molar-refractivity contribution < 1.29 is 15.0 Å². The van der Waals surface area contributed by atoms with E-state index in [1.165, 1.54) is 0 Å². The van der Waals surface area contributed by atoms with Gasteiger partial charge in [-0.15, -0.1) is 0 Å². The average Bonchev–Trinajstić information content (AvgIpc) is 2.60. The fourth-order valence-electron chi connectivity index (χ4n) is 2.79. The van der Waals surface area contributed by atoms with E-state index in [1.54, 1.807) is 38.1 Å². The molecule has 1 heterocycles. The maximum Gasteiger partial charge on any atom is 0.204 e. The van der Waals surface area contributed by atoms with Crippen molar-refractivity contribution in [2.75, 3.05) is 0 Å².